The number of aromatic nitrogens is 4. The first kappa shape index (κ1) is 15.7. The molecule has 0 amide bonds. The molecule has 2 aromatic heterocycles. The maximum atomic E-state index is 14.3. The fraction of sp³-hybridized carbons (Fsp3) is 0. The van der Waals surface area contributed by atoms with Crippen molar-refractivity contribution in [1.29, 1.82) is 0 Å². The van der Waals surface area contributed by atoms with Crippen LogP contribution in [0, 0.1) is 5.82 Å². The minimum atomic E-state index is -1.01. The Morgan fingerprint density at radius 3 is 2.62 bits per heavy atom. The van der Waals surface area contributed by atoms with E-state index in [0.717, 1.165) is 17.2 Å². The highest BCUT2D eigenvalue weighted by Gasteiger charge is 2.12. The number of carboxylic acids is 1. The molecule has 0 fully saturated rings. The van der Waals surface area contributed by atoms with Crippen LogP contribution in [0.1, 0.15) is 10.4 Å². The maximum absolute atomic E-state index is 14.3. The van der Waals surface area contributed by atoms with E-state index in [4.69, 9.17) is 5.11 Å². The molecule has 4 aromatic rings. The van der Waals surface area contributed by atoms with Gasteiger partial charge in [0.1, 0.15) is 6.33 Å². The van der Waals surface area contributed by atoms with Crippen molar-refractivity contribution in [2.45, 2.75) is 0 Å². The highest BCUT2D eigenvalue weighted by molar-refractivity contribution is 5.88. The van der Waals surface area contributed by atoms with Crippen LogP contribution in [0.5, 0.6) is 0 Å². The van der Waals surface area contributed by atoms with Gasteiger partial charge in [-0.25, -0.2) is 19.2 Å². The third-order valence-electron chi connectivity index (χ3n) is 3.80. The van der Waals surface area contributed by atoms with Crippen molar-refractivity contribution in [1.82, 2.24) is 19.5 Å². The van der Waals surface area contributed by atoms with E-state index >= 15 is 0 Å². The number of fused-ring (bicyclic) bond motifs is 1. The molecule has 0 saturated carbocycles. The molecular weight excluding hydrogens is 337 g/mol. The molecule has 0 saturated heterocycles. The zero-order valence-corrected chi connectivity index (χ0v) is 13.3. The summed E-state index contributed by atoms with van der Waals surface area (Å²) in [6.07, 6.45) is 2.58. The summed E-state index contributed by atoms with van der Waals surface area (Å²) < 4.78 is 15.8. The number of nitrogens with one attached hydrogen (secondary N) is 1. The van der Waals surface area contributed by atoms with Gasteiger partial charge in [0.25, 0.3) is 0 Å². The number of benzene rings is 2. The third-order valence-corrected chi connectivity index (χ3v) is 3.80. The maximum Gasteiger partial charge on any atom is 0.335 e. The second-order valence-electron chi connectivity index (χ2n) is 5.48. The van der Waals surface area contributed by atoms with Crippen LogP contribution in [0.3, 0.4) is 0 Å². The molecule has 0 spiro atoms. The van der Waals surface area contributed by atoms with Gasteiger partial charge in [0.2, 0.25) is 5.95 Å². The first-order valence-electron chi connectivity index (χ1n) is 7.67. The van der Waals surface area contributed by atoms with Gasteiger partial charge in [-0.3, -0.25) is 4.57 Å². The van der Waals surface area contributed by atoms with E-state index in [-0.39, 0.29) is 17.3 Å². The van der Waals surface area contributed by atoms with Crippen LogP contribution in [0.15, 0.2) is 61.1 Å². The Bertz CT molecular complexity index is 1110. The fourth-order valence-corrected chi connectivity index (χ4v) is 2.54. The second kappa shape index (κ2) is 6.25. The van der Waals surface area contributed by atoms with Crippen molar-refractivity contribution in [3.05, 3.63) is 72.4 Å². The number of hydrogen-bond acceptors (Lipinski definition) is 5. The highest BCUT2D eigenvalue weighted by Crippen LogP contribution is 2.21. The number of halogens is 1. The average Bonchev–Trinajstić information content (AvgIpc) is 3.08. The molecule has 2 aromatic carbocycles. The predicted octanol–water partition coefficient (Wildman–Crippen LogP) is 3.40. The molecule has 2 heterocycles. The van der Waals surface area contributed by atoms with Gasteiger partial charge in [-0.2, -0.15) is 4.98 Å². The molecule has 0 atom stereocenters. The SMILES string of the molecule is O=C(O)c1ccc(Nc2ncc(F)c(-n3cnc4ccccc43)n2)cc1. The van der Waals surface area contributed by atoms with Crippen molar-refractivity contribution in [2.24, 2.45) is 0 Å². The molecular formula is C18H12FN5O2. The summed E-state index contributed by atoms with van der Waals surface area (Å²) >= 11 is 0. The van der Waals surface area contributed by atoms with E-state index in [1.165, 1.54) is 18.5 Å². The van der Waals surface area contributed by atoms with E-state index in [1.807, 2.05) is 24.3 Å². The van der Waals surface area contributed by atoms with E-state index in [9.17, 15) is 9.18 Å². The number of carbonyl (C=O) groups is 1. The number of nitrogens with zero attached hydrogens (tertiary/aromatic N) is 4. The van der Waals surface area contributed by atoms with Crippen LogP contribution in [0.4, 0.5) is 16.0 Å². The minimum Gasteiger partial charge on any atom is -0.478 e. The fourth-order valence-electron chi connectivity index (χ4n) is 2.54. The molecule has 7 nitrogen and oxygen atoms in total. The van der Waals surface area contributed by atoms with Crippen LogP contribution in [-0.4, -0.2) is 30.6 Å². The molecule has 8 heteroatoms. The standard InChI is InChI=1S/C18H12FN5O2/c19-13-9-20-18(22-12-7-5-11(6-8-12)17(25)26)23-16(13)24-10-21-14-3-1-2-4-15(14)24/h1-10H,(H,25,26)(H,20,22,23). The number of rotatable bonds is 4. The molecule has 128 valence electrons. The summed E-state index contributed by atoms with van der Waals surface area (Å²) in [4.78, 5) is 23.3. The van der Waals surface area contributed by atoms with Crippen LogP contribution in [0.25, 0.3) is 16.9 Å². The van der Waals surface area contributed by atoms with E-state index < -0.39 is 11.8 Å². The Hall–Kier alpha value is -3.81. The predicted molar refractivity (Wildman–Crippen MR) is 93.3 cm³/mol. The van der Waals surface area contributed by atoms with Crippen molar-refractivity contribution in [3.63, 3.8) is 0 Å². The van der Waals surface area contributed by atoms with Gasteiger partial charge >= 0.3 is 5.97 Å². The van der Waals surface area contributed by atoms with Crippen molar-refractivity contribution in [3.8, 4) is 5.82 Å². The Morgan fingerprint density at radius 1 is 1.08 bits per heavy atom. The molecule has 0 aliphatic heterocycles. The summed E-state index contributed by atoms with van der Waals surface area (Å²) in [5.74, 6) is -1.34. The van der Waals surface area contributed by atoms with E-state index in [2.05, 4.69) is 20.3 Å². The van der Waals surface area contributed by atoms with Crippen molar-refractivity contribution in [2.75, 3.05) is 5.32 Å². The number of hydrogen-bond donors (Lipinski definition) is 2. The summed E-state index contributed by atoms with van der Waals surface area (Å²) in [7, 11) is 0. The first-order valence-corrected chi connectivity index (χ1v) is 7.67. The molecule has 2 N–H and O–H groups in total. The van der Waals surface area contributed by atoms with Gasteiger partial charge in [-0.05, 0) is 36.4 Å². The summed E-state index contributed by atoms with van der Waals surface area (Å²) in [5, 5.41) is 11.9. The number of carboxylic acid groups (broad SMARTS) is 1. The smallest absolute Gasteiger partial charge is 0.335 e. The zero-order chi connectivity index (χ0) is 18.1. The van der Waals surface area contributed by atoms with Crippen LogP contribution < -0.4 is 5.32 Å². The number of anilines is 2. The Labute approximate surface area is 146 Å². The molecule has 26 heavy (non-hydrogen) atoms. The lowest BCUT2D eigenvalue weighted by Crippen LogP contribution is -2.05. The van der Waals surface area contributed by atoms with E-state index in [1.54, 1.807) is 16.7 Å². The molecule has 0 bridgehead atoms. The van der Waals surface area contributed by atoms with E-state index in [0.29, 0.717) is 5.69 Å². The Morgan fingerprint density at radius 2 is 1.85 bits per heavy atom. The van der Waals surface area contributed by atoms with Crippen molar-refractivity contribution >= 4 is 28.6 Å². The van der Waals surface area contributed by atoms with Gasteiger partial charge in [0.15, 0.2) is 11.6 Å². The Balaban J connectivity index is 1.69. The molecule has 0 aliphatic carbocycles. The highest BCUT2D eigenvalue weighted by atomic mass is 19.1. The quantitative estimate of drug-likeness (QED) is 0.587. The molecule has 0 aliphatic rings. The number of imidazole rings is 1. The van der Waals surface area contributed by atoms with Gasteiger partial charge in [0.05, 0.1) is 22.8 Å². The van der Waals surface area contributed by atoms with Gasteiger partial charge in [-0.15, -0.1) is 0 Å². The summed E-state index contributed by atoms with van der Waals surface area (Å²) in [6, 6.07) is 13.4. The topological polar surface area (TPSA) is 92.9 Å². The second-order valence-corrected chi connectivity index (χ2v) is 5.48. The summed E-state index contributed by atoms with van der Waals surface area (Å²) in [5.41, 5.74) is 2.20. The lowest BCUT2D eigenvalue weighted by atomic mass is 10.2. The minimum absolute atomic E-state index is 0.0679. The van der Waals surface area contributed by atoms with Gasteiger partial charge < -0.3 is 10.4 Å². The number of aromatic carboxylic acids is 1. The number of para-hydroxylation sites is 2. The molecule has 4 rings (SSSR count). The summed E-state index contributed by atoms with van der Waals surface area (Å²) in [6.45, 7) is 0. The van der Waals surface area contributed by atoms with Crippen molar-refractivity contribution < 1.29 is 14.3 Å². The van der Waals surface area contributed by atoms with Gasteiger partial charge in [-0.1, -0.05) is 12.1 Å². The lowest BCUT2D eigenvalue weighted by Gasteiger charge is -2.09. The average molecular weight is 349 g/mol. The van der Waals surface area contributed by atoms with Gasteiger partial charge in [0, 0.05) is 5.69 Å². The molecule has 0 unspecified atom stereocenters. The zero-order valence-electron chi connectivity index (χ0n) is 13.3. The Kier molecular flexibility index (Phi) is 3.77. The van der Waals surface area contributed by atoms with Crippen LogP contribution >= 0.6 is 0 Å². The molecule has 0 radical (unpaired) electrons. The normalized spacial score (nSPS) is 10.8. The lowest BCUT2D eigenvalue weighted by molar-refractivity contribution is 0.0697. The first-order chi connectivity index (χ1) is 12.6. The van der Waals surface area contributed by atoms with Crippen LogP contribution in [-0.2, 0) is 0 Å². The monoisotopic (exact) mass is 349 g/mol. The third kappa shape index (κ3) is 2.84. The largest absolute Gasteiger partial charge is 0.478 e. The van der Waals surface area contributed by atoms with Crippen LogP contribution in [0.2, 0.25) is 0 Å².